The van der Waals surface area contributed by atoms with E-state index >= 15 is 0 Å². The Morgan fingerprint density at radius 3 is 2.44 bits per heavy atom. The van der Waals surface area contributed by atoms with Gasteiger partial charge in [0, 0.05) is 13.0 Å². The molecule has 1 atom stereocenters. The van der Waals surface area contributed by atoms with Gasteiger partial charge in [-0.2, -0.15) is 13.2 Å². The van der Waals surface area contributed by atoms with Crippen LogP contribution in [0.25, 0.3) is 0 Å². The number of thioether (sulfide) groups is 1. The van der Waals surface area contributed by atoms with Gasteiger partial charge in [-0.05, 0) is 62.2 Å². The molecule has 1 saturated heterocycles. The monoisotopic (exact) mass is 483 g/mol. The molecule has 10 heteroatoms. The van der Waals surface area contributed by atoms with Crippen molar-refractivity contribution < 1.29 is 22.8 Å². The highest BCUT2D eigenvalue weighted by Crippen LogP contribution is 2.35. The Balaban J connectivity index is 1.76. The number of amidine groups is 1. The Morgan fingerprint density at radius 2 is 1.84 bits per heavy atom. The maximum absolute atomic E-state index is 12.9. The Labute approximate surface area is 193 Å². The molecule has 0 aliphatic carbocycles. The van der Waals surface area contributed by atoms with Crippen molar-refractivity contribution >= 4 is 51.7 Å². The summed E-state index contributed by atoms with van der Waals surface area (Å²) in [5, 5.41) is 2.12. The molecule has 1 fully saturated rings. The lowest BCUT2D eigenvalue weighted by atomic mass is 10.1. The Bertz CT molecular complexity index is 1070. The summed E-state index contributed by atoms with van der Waals surface area (Å²) in [6.45, 7) is 6.09. The molecule has 0 radical (unpaired) electrons. The largest absolute Gasteiger partial charge is 0.416 e. The summed E-state index contributed by atoms with van der Waals surface area (Å²) >= 11 is 7.10. The lowest BCUT2D eigenvalue weighted by Gasteiger charge is -2.14. The molecule has 1 aliphatic rings. The lowest BCUT2D eigenvalue weighted by molar-refractivity contribution is -0.137. The normalized spacial score (nSPS) is 17.8. The van der Waals surface area contributed by atoms with Gasteiger partial charge in [-0.3, -0.25) is 14.5 Å². The minimum absolute atomic E-state index is 0.0241. The van der Waals surface area contributed by atoms with E-state index < -0.39 is 22.9 Å². The molecule has 1 unspecified atom stereocenters. The van der Waals surface area contributed by atoms with Crippen LogP contribution in [0.5, 0.6) is 0 Å². The fraction of sp³-hybridized carbons (Fsp3) is 0.318. The molecule has 32 heavy (non-hydrogen) atoms. The highest BCUT2D eigenvalue weighted by Gasteiger charge is 2.38. The number of carbonyl (C=O) groups is 2. The minimum Gasteiger partial charge on any atom is -0.325 e. The average Bonchev–Trinajstić information content (AvgIpc) is 2.95. The van der Waals surface area contributed by atoms with Crippen molar-refractivity contribution in [3.63, 3.8) is 0 Å². The number of alkyl halides is 3. The molecule has 1 N–H and O–H groups in total. The first-order chi connectivity index (χ1) is 15.0. The standard InChI is InChI=1S/C22H21ClF3N3O2S/c1-4-29-20(31)18(32-21(29)27-15-8-12(2)7-13(3)9-15)11-19(30)28-17-10-14(22(24,25)26)5-6-16(17)23/h5-10,18H,4,11H2,1-3H3,(H,28,30). The Morgan fingerprint density at radius 1 is 1.19 bits per heavy atom. The van der Waals surface area contributed by atoms with Crippen molar-refractivity contribution in [1.29, 1.82) is 0 Å². The fourth-order valence-corrected chi connectivity index (χ4v) is 4.70. The number of aliphatic imine (C=N–C) groups is 1. The number of hydrogen-bond donors (Lipinski definition) is 1. The van der Waals surface area contributed by atoms with Crippen LogP contribution >= 0.6 is 23.4 Å². The molecule has 2 aromatic carbocycles. The molecule has 0 spiro atoms. The number of rotatable bonds is 5. The molecule has 1 heterocycles. The maximum atomic E-state index is 12.9. The second-order valence-electron chi connectivity index (χ2n) is 7.37. The highest BCUT2D eigenvalue weighted by atomic mass is 35.5. The van der Waals surface area contributed by atoms with Crippen molar-refractivity contribution in [3.8, 4) is 0 Å². The smallest absolute Gasteiger partial charge is 0.325 e. The molecule has 3 rings (SSSR count). The maximum Gasteiger partial charge on any atom is 0.416 e. The lowest BCUT2D eigenvalue weighted by Crippen LogP contribution is -2.33. The van der Waals surface area contributed by atoms with E-state index in [4.69, 9.17) is 11.6 Å². The van der Waals surface area contributed by atoms with Gasteiger partial charge in [-0.1, -0.05) is 29.4 Å². The third kappa shape index (κ3) is 5.63. The number of halogens is 4. The fourth-order valence-electron chi connectivity index (χ4n) is 3.31. The van der Waals surface area contributed by atoms with Crippen LogP contribution in [-0.2, 0) is 15.8 Å². The minimum atomic E-state index is -4.57. The quantitative estimate of drug-likeness (QED) is 0.571. The molecule has 0 aromatic heterocycles. The second-order valence-corrected chi connectivity index (χ2v) is 8.95. The highest BCUT2D eigenvalue weighted by molar-refractivity contribution is 8.15. The van der Waals surface area contributed by atoms with E-state index in [-0.39, 0.29) is 23.0 Å². The van der Waals surface area contributed by atoms with Crippen molar-refractivity contribution in [3.05, 3.63) is 58.1 Å². The molecule has 2 aromatic rings. The second kappa shape index (κ2) is 9.54. The van der Waals surface area contributed by atoms with Gasteiger partial charge in [0.1, 0.15) is 5.25 Å². The summed E-state index contributed by atoms with van der Waals surface area (Å²) in [7, 11) is 0. The number of carbonyl (C=O) groups excluding carboxylic acids is 2. The van der Waals surface area contributed by atoms with Gasteiger partial charge < -0.3 is 5.32 Å². The third-order valence-electron chi connectivity index (χ3n) is 4.71. The van der Waals surface area contributed by atoms with Crippen LogP contribution in [0.4, 0.5) is 24.5 Å². The molecule has 2 amide bonds. The van der Waals surface area contributed by atoms with Crippen molar-refractivity contribution in [2.45, 2.75) is 38.6 Å². The van der Waals surface area contributed by atoms with Crippen LogP contribution < -0.4 is 5.32 Å². The number of aryl methyl sites for hydroxylation is 2. The number of benzene rings is 2. The van der Waals surface area contributed by atoms with Crippen LogP contribution in [-0.4, -0.2) is 33.7 Å². The van der Waals surface area contributed by atoms with Crippen LogP contribution in [0.15, 0.2) is 41.4 Å². The molecule has 0 saturated carbocycles. The first-order valence-corrected chi connectivity index (χ1v) is 11.0. The number of hydrogen-bond acceptors (Lipinski definition) is 4. The zero-order chi connectivity index (χ0) is 23.6. The molecular formula is C22H21ClF3N3O2S. The summed E-state index contributed by atoms with van der Waals surface area (Å²) in [5.74, 6) is -0.883. The number of amides is 2. The van der Waals surface area contributed by atoms with Crippen LogP contribution in [0.1, 0.15) is 30.0 Å². The zero-order valence-corrected chi connectivity index (χ0v) is 19.2. The van der Waals surface area contributed by atoms with Crippen molar-refractivity contribution in [2.24, 2.45) is 4.99 Å². The van der Waals surface area contributed by atoms with Gasteiger partial charge in [0.05, 0.1) is 22.0 Å². The van der Waals surface area contributed by atoms with Crippen molar-refractivity contribution in [2.75, 3.05) is 11.9 Å². The Hall–Kier alpha value is -2.52. The summed E-state index contributed by atoms with van der Waals surface area (Å²) < 4.78 is 38.8. The first kappa shape index (κ1) is 24.1. The van der Waals surface area contributed by atoms with Gasteiger partial charge in [0.25, 0.3) is 0 Å². The molecule has 5 nitrogen and oxygen atoms in total. The van der Waals surface area contributed by atoms with Gasteiger partial charge in [0.2, 0.25) is 11.8 Å². The predicted molar refractivity (Wildman–Crippen MR) is 121 cm³/mol. The number of nitrogens with one attached hydrogen (secondary N) is 1. The van der Waals surface area contributed by atoms with E-state index in [1.165, 1.54) is 4.90 Å². The topological polar surface area (TPSA) is 61.8 Å². The van der Waals surface area contributed by atoms with E-state index in [1.54, 1.807) is 6.92 Å². The molecular weight excluding hydrogens is 463 g/mol. The van der Waals surface area contributed by atoms with Gasteiger partial charge in [-0.25, -0.2) is 4.99 Å². The van der Waals surface area contributed by atoms with E-state index in [0.29, 0.717) is 17.4 Å². The molecule has 1 aliphatic heterocycles. The van der Waals surface area contributed by atoms with E-state index in [0.717, 1.165) is 41.1 Å². The van der Waals surface area contributed by atoms with Crippen LogP contribution in [0.3, 0.4) is 0 Å². The van der Waals surface area contributed by atoms with E-state index in [2.05, 4.69) is 10.3 Å². The van der Waals surface area contributed by atoms with Gasteiger partial charge >= 0.3 is 6.18 Å². The predicted octanol–water partition coefficient (Wildman–Crippen LogP) is 5.96. The molecule has 170 valence electrons. The summed E-state index contributed by atoms with van der Waals surface area (Å²) in [5.41, 5.74) is 1.70. The van der Waals surface area contributed by atoms with E-state index in [9.17, 15) is 22.8 Å². The average molecular weight is 484 g/mol. The Kier molecular flexibility index (Phi) is 7.19. The summed E-state index contributed by atoms with van der Waals surface area (Å²) in [4.78, 5) is 31.4. The SMILES string of the molecule is CCN1C(=O)C(CC(=O)Nc2cc(C(F)(F)F)ccc2Cl)SC1=Nc1cc(C)cc(C)c1. The van der Waals surface area contributed by atoms with Gasteiger partial charge in [0.15, 0.2) is 5.17 Å². The van der Waals surface area contributed by atoms with Gasteiger partial charge in [-0.15, -0.1) is 0 Å². The third-order valence-corrected chi connectivity index (χ3v) is 6.21. The van der Waals surface area contributed by atoms with Crippen LogP contribution in [0.2, 0.25) is 5.02 Å². The summed E-state index contributed by atoms with van der Waals surface area (Å²) in [6.07, 6.45) is -4.79. The van der Waals surface area contributed by atoms with Crippen LogP contribution in [0, 0.1) is 13.8 Å². The molecule has 0 bridgehead atoms. The zero-order valence-electron chi connectivity index (χ0n) is 17.6. The first-order valence-electron chi connectivity index (χ1n) is 9.79. The number of nitrogens with zero attached hydrogens (tertiary/aromatic N) is 2. The van der Waals surface area contributed by atoms with Crippen molar-refractivity contribution in [1.82, 2.24) is 4.90 Å². The number of anilines is 1. The van der Waals surface area contributed by atoms with E-state index in [1.807, 2.05) is 32.0 Å². The summed E-state index contributed by atoms with van der Waals surface area (Å²) in [6, 6.07) is 8.49.